The van der Waals surface area contributed by atoms with Crippen LogP contribution in [-0.4, -0.2) is 23.2 Å². The molecule has 0 radical (unpaired) electrons. The van der Waals surface area contributed by atoms with Crippen LogP contribution >= 0.6 is 0 Å². The number of hydrogen-bond donors (Lipinski definition) is 2. The minimum atomic E-state index is -0.420. The van der Waals surface area contributed by atoms with Gasteiger partial charge in [-0.1, -0.05) is 49.6 Å². The lowest BCUT2D eigenvalue weighted by Crippen LogP contribution is -2.42. The van der Waals surface area contributed by atoms with Crippen LogP contribution in [0.5, 0.6) is 0 Å². The van der Waals surface area contributed by atoms with Crippen LogP contribution in [0.1, 0.15) is 42.5 Å². The molecule has 1 amide bonds. The Morgan fingerprint density at radius 2 is 1.76 bits per heavy atom. The van der Waals surface area contributed by atoms with E-state index in [1.807, 2.05) is 42.5 Å². The smallest absolute Gasteiger partial charge is 0.251 e. The quantitative estimate of drug-likeness (QED) is 0.831. The molecule has 1 aliphatic rings. The van der Waals surface area contributed by atoms with Crippen molar-refractivity contribution in [3.05, 3.63) is 48.0 Å². The summed E-state index contributed by atoms with van der Waals surface area (Å²) < 4.78 is 0. The van der Waals surface area contributed by atoms with Gasteiger partial charge in [-0.2, -0.15) is 0 Å². The molecule has 3 nitrogen and oxygen atoms in total. The summed E-state index contributed by atoms with van der Waals surface area (Å²) in [5.41, 5.74) is 0.658. The van der Waals surface area contributed by atoms with Gasteiger partial charge in [0.15, 0.2) is 0 Å². The van der Waals surface area contributed by atoms with Crippen LogP contribution in [0.3, 0.4) is 0 Å². The molecule has 1 saturated carbocycles. The van der Waals surface area contributed by atoms with Crippen molar-refractivity contribution >= 4 is 16.7 Å². The molecule has 3 rings (SSSR count). The lowest BCUT2D eigenvalue weighted by molar-refractivity contribution is 0.0819. The number of amides is 1. The summed E-state index contributed by atoms with van der Waals surface area (Å²) in [6.45, 7) is 0. The van der Waals surface area contributed by atoms with Gasteiger partial charge in [-0.25, -0.2) is 0 Å². The molecule has 3 heteroatoms. The Kier molecular flexibility index (Phi) is 4.20. The van der Waals surface area contributed by atoms with Gasteiger partial charge in [0.1, 0.15) is 0 Å². The van der Waals surface area contributed by atoms with E-state index in [1.165, 1.54) is 0 Å². The van der Waals surface area contributed by atoms with Crippen LogP contribution in [0.15, 0.2) is 42.5 Å². The zero-order valence-corrected chi connectivity index (χ0v) is 12.1. The van der Waals surface area contributed by atoms with Gasteiger partial charge in [-0.3, -0.25) is 4.79 Å². The minimum Gasteiger partial charge on any atom is -0.391 e. The molecule has 2 aromatic rings. The number of aliphatic hydroxyl groups is 1. The van der Waals surface area contributed by atoms with Crippen molar-refractivity contribution in [1.82, 2.24) is 5.32 Å². The van der Waals surface area contributed by atoms with Gasteiger partial charge in [0.05, 0.1) is 12.1 Å². The van der Waals surface area contributed by atoms with E-state index in [-0.39, 0.29) is 11.9 Å². The van der Waals surface area contributed by atoms with Gasteiger partial charge < -0.3 is 10.4 Å². The lowest BCUT2D eigenvalue weighted by Gasteiger charge is -2.21. The summed E-state index contributed by atoms with van der Waals surface area (Å²) in [7, 11) is 0. The van der Waals surface area contributed by atoms with Crippen LogP contribution < -0.4 is 5.32 Å². The van der Waals surface area contributed by atoms with Crippen LogP contribution in [-0.2, 0) is 0 Å². The third kappa shape index (κ3) is 3.24. The van der Waals surface area contributed by atoms with Crippen LogP contribution in [0.25, 0.3) is 10.8 Å². The first-order valence-electron chi connectivity index (χ1n) is 7.72. The number of carbonyl (C=O) groups is 1. The van der Waals surface area contributed by atoms with Crippen molar-refractivity contribution in [2.45, 2.75) is 44.2 Å². The van der Waals surface area contributed by atoms with E-state index in [9.17, 15) is 9.90 Å². The van der Waals surface area contributed by atoms with E-state index in [0.29, 0.717) is 5.56 Å². The topological polar surface area (TPSA) is 49.3 Å². The molecule has 0 aliphatic heterocycles. The standard InChI is InChI=1S/C18H21NO2/c20-17-9-3-1-2-8-16(17)19-18(21)15-11-10-13-6-4-5-7-14(13)12-15/h4-7,10-12,16-17,20H,1-3,8-9H2,(H,19,21). The van der Waals surface area contributed by atoms with Crippen LogP contribution in [0.2, 0.25) is 0 Å². The maximum Gasteiger partial charge on any atom is 0.251 e. The Morgan fingerprint density at radius 3 is 2.62 bits per heavy atom. The van der Waals surface area contributed by atoms with Gasteiger partial charge >= 0.3 is 0 Å². The number of carbonyl (C=O) groups excluding carboxylic acids is 1. The molecular weight excluding hydrogens is 262 g/mol. The zero-order chi connectivity index (χ0) is 14.7. The summed E-state index contributed by atoms with van der Waals surface area (Å²) in [5, 5.41) is 15.3. The molecule has 2 atom stereocenters. The lowest BCUT2D eigenvalue weighted by atomic mass is 10.0. The normalized spacial score (nSPS) is 22.7. The first kappa shape index (κ1) is 14.1. The fourth-order valence-electron chi connectivity index (χ4n) is 3.04. The highest BCUT2D eigenvalue weighted by Crippen LogP contribution is 2.19. The van der Waals surface area contributed by atoms with Crippen molar-refractivity contribution < 1.29 is 9.90 Å². The highest BCUT2D eigenvalue weighted by atomic mass is 16.3. The van der Waals surface area contributed by atoms with Crippen LogP contribution in [0, 0.1) is 0 Å². The van der Waals surface area contributed by atoms with Crippen molar-refractivity contribution in [2.24, 2.45) is 0 Å². The molecule has 2 N–H and O–H groups in total. The molecule has 2 aromatic carbocycles. The van der Waals surface area contributed by atoms with Crippen molar-refractivity contribution in [3.63, 3.8) is 0 Å². The Bertz CT molecular complexity index is 638. The number of nitrogens with one attached hydrogen (secondary N) is 1. The fourth-order valence-corrected chi connectivity index (χ4v) is 3.04. The van der Waals surface area contributed by atoms with E-state index in [1.54, 1.807) is 0 Å². The van der Waals surface area contributed by atoms with Crippen LogP contribution in [0.4, 0.5) is 0 Å². The molecule has 21 heavy (non-hydrogen) atoms. The molecule has 0 bridgehead atoms. The molecule has 0 spiro atoms. The van der Waals surface area contributed by atoms with Gasteiger partial charge in [0.25, 0.3) is 5.91 Å². The van der Waals surface area contributed by atoms with Crippen molar-refractivity contribution in [1.29, 1.82) is 0 Å². The first-order valence-corrected chi connectivity index (χ1v) is 7.72. The predicted molar refractivity (Wildman–Crippen MR) is 84.3 cm³/mol. The average Bonchev–Trinajstić information content (AvgIpc) is 2.72. The Labute approximate surface area is 125 Å². The SMILES string of the molecule is O=C(NC1CCCCCC1O)c1ccc2ccccc2c1. The Morgan fingerprint density at radius 1 is 1.00 bits per heavy atom. The Hall–Kier alpha value is -1.87. The highest BCUT2D eigenvalue weighted by molar-refractivity contribution is 5.98. The summed E-state index contributed by atoms with van der Waals surface area (Å²) in [6, 6.07) is 13.6. The highest BCUT2D eigenvalue weighted by Gasteiger charge is 2.23. The maximum absolute atomic E-state index is 12.4. The fraction of sp³-hybridized carbons (Fsp3) is 0.389. The number of fused-ring (bicyclic) bond motifs is 1. The largest absolute Gasteiger partial charge is 0.391 e. The summed E-state index contributed by atoms with van der Waals surface area (Å²) in [4.78, 5) is 12.4. The second-order valence-electron chi connectivity index (χ2n) is 5.85. The monoisotopic (exact) mass is 283 g/mol. The average molecular weight is 283 g/mol. The van der Waals surface area contributed by atoms with E-state index in [2.05, 4.69) is 5.32 Å². The predicted octanol–water partition coefficient (Wildman–Crippen LogP) is 3.26. The van der Waals surface area contributed by atoms with Gasteiger partial charge in [-0.15, -0.1) is 0 Å². The molecule has 1 fully saturated rings. The Balaban J connectivity index is 1.76. The molecule has 0 saturated heterocycles. The zero-order valence-electron chi connectivity index (χ0n) is 12.1. The molecule has 110 valence electrons. The molecule has 1 aliphatic carbocycles. The molecule has 0 aromatic heterocycles. The number of hydrogen-bond acceptors (Lipinski definition) is 2. The second kappa shape index (κ2) is 6.27. The maximum atomic E-state index is 12.4. The van der Waals surface area contributed by atoms with E-state index < -0.39 is 6.10 Å². The van der Waals surface area contributed by atoms with E-state index in [4.69, 9.17) is 0 Å². The summed E-state index contributed by atoms with van der Waals surface area (Å²) in [6.07, 6.45) is 4.48. The van der Waals surface area contributed by atoms with Gasteiger partial charge in [0.2, 0.25) is 0 Å². The van der Waals surface area contributed by atoms with Gasteiger partial charge in [-0.05, 0) is 35.7 Å². The third-order valence-electron chi connectivity index (χ3n) is 4.31. The van der Waals surface area contributed by atoms with E-state index >= 15 is 0 Å². The van der Waals surface area contributed by atoms with Gasteiger partial charge in [0, 0.05) is 5.56 Å². The first-order chi connectivity index (χ1) is 10.2. The van der Waals surface area contributed by atoms with Crippen molar-refractivity contribution in [2.75, 3.05) is 0 Å². The molecule has 2 unspecified atom stereocenters. The molecule has 0 heterocycles. The third-order valence-corrected chi connectivity index (χ3v) is 4.31. The minimum absolute atomic E-state index is 0.0910. The number of rotatable bonds is 2. The van der Waals surface area contributed by atoms with Crippen molar-refractivity contribution in [3.8, 4) is 0 Å². The summed E-state index contributed by atoms with van der Waals surface area (Å²) in [5.74, 6) is -0.0910. The summed E-state index contributed by atoms with van der Waals surface area (Å²) >= 11 is 0. The second-order valence-corrected chi connectivity index (χ2v) is 5.85. The number of benzene rings is 2. The molecular formula is C18H21NO2. The van der Waals surface area contributed by atoms with E-state index in [0.717, 1.165) is 42.9 Å². The number of aliphatic hydroxyl groups excluding tert-OH is 1.